The molecule has 1 spiro atoms. The molecule has 2 aliphatic rings. The third kappa shape index (κ3) is 4.41. The molecule has 0 unspecified atom stereocenters. The van der Waals surface area contributed by atoms with Crippen LogP contribution >= 0.6 is 15.9 Å². The van der Waals surface area contributed by atoms with Crippen LogP contribution in [0.2, 0.25) is 0 Å². The highest BCUT2D eigenvalue weighted by Gasteiger charge is 2.50. The number of carbonyl (C=O) groups excluding carboxylic acids is 2. The van der Waals surface area contributed by atoms with Gasteiger partial charge in [-0.2, -0.15) is 0 Å². The normalized spacial score (nSPS) is 16.3. The number of fused-ring (bicyclic) bond motifs is 2. The van der Waals surface area contributed by atoms with E-state index in [9.17, 15) is 9.59 Å². The summed E-state index contributed by atoms with van der Waals surface area (Å²) in [6, 6.07) is 15.4. The fraction of sp³-hybridized carbons (Fsp3) is 0.370. The summed E-state index contributed by atoms with van der Waals surface area (Å²) in [5, 5.41) is 3.01. The Labute approximate surface area is 219 Å². The molecular formula is C27H31BrN6O2. The molecule has 188 valence electrons. The summed E-state index contributed by atoms with van der Waals surface area (Å²) in [7, 11) is 3.52. The van der Waals surface area contributed by atoms with E-state index in [4.69, 9.17) is 5.73 Å². The van der Waals surface area contributed by atoms with E-state index in [0.717, 1.165) is 48.2 Å². The van der Waals surface area contributed by atoms with Gasteiger partial charge in [0, 0.05) is 51.5 Å². The van der Waals surface area contributed by atoms with Crippen LogP contribution in [-0.4, -0.2) is 51.8 Å². The van der Waals surface area contributed by atoms with E-state index >= 15 is 0 Å². The number of nitrogens with one attached hydrogen (secondary N) is 1. The van der Waals surface area contributed by atoms with Crippen molar-refractivity contribution in [3.8, 4) is 0 Å². The molecular weight excluding hydrogens is 520 g/mol. The molecule has 2 aromatic carbocycles. The number of benzene rings is 2. The van der Waals surface area contributed by atoms with Gasteiger partial charge < -0.3 is 20.5 Å². The number of nitrogen functional groups attached to an aromatic ring is 1. The van der Waals surface area contributed by atoms with Gasteiger partial charge in [0.1, 0.15) is 4.60 Å². The molecule has 1 aliphatic carbocycles. The van der Waals surface area contributed by atoms with Crippen molar-refractivity contribution >= 4 is 33.4 Å². The van der Waals surface area contributed by atoms with E-state index in [1.165, 1.54) is 5.56 Å². The quantitative estimate of drug-likeness (QED) is 0.455. The van der Waals surface area contributed by atoms with Gasteiger partial charge in [-0.05, 0) is 70.6 Å². The lowest BCUT2D eigenvalue weighted by Crippen LogP contribution is -2.56. The van der Waals surface area contributed by atoms with E-state index in [1.807, 2.05) is 48.5 Å². The summed E-state index contributed by atoms with van der Waals surface area (Å²) < 4.78 is 2.84. The minimum absolute atomic E-state index is 0.00465. The second-order valence-corrected chi connectivity index (χ2v) is 10.6. The Kier molecular flexibility index (Phi) is 6.61. The Hall–Kier alpha value is -3.17. The van der Waals surface area contributed by atoms with Gasteiger partial charge in [0.05, 0.1) is 11.2 Å². The molecule has 2 heterocycles. The number of aromatic nitrogens is 2. The number of nitrogens with two attached hydrogens (primary N) is 1. The standard InChI is InChI=1S/C27H31BrN6O2/c1-32(2)26(36)20-8-4-19(5-9-20)17-33-14-15-34-22(27(33)12-3-13-27)23(28)31-24(34)25(35)30-16-18-6-10-21(29)11-7-18/h4-11H,3,12-17,29H2,1-2H3,(H,30,35). The van der Waals surface area contributed by atoms with Gasteiger partial charge in [-0.1, -0.05) is 24.3 Å². The zero-order valence-corrected chi connectivity index (χ0v) is 22.2. The van der Waals surface area contributed by atoms with E-state index in [-0.39, 0.29) is 17.4 Å². The molecule has 0 saturated heterocycles. The largest absolute Gasteiger partial charge is 0.399 e. The maximum atomic E-state index is 13.1. The number of rotatable bonds is 6. The fourth-order valence-corrected chi connectivity index (χ4v) is 6.02. The summed E-state index contributed by atoms with van der Waals surface area (Å²) in [5.41, 5.74) is 10.3. The zero-order chi connectivity index (χ0) is 25.4. The van der Waals surface area contributed by atoms with Crippen molar-refractivity contribution in [1.82, 2.24) is 24.7 Å². The SMILES string of the molecule is CN(C)C(=O)c1ccc(CN2CCn3c(C(=O)NCc4ccc(N)cc4)nc(Br)c3C23CCC3)cc1. The smallest absolute Gasteiger partial charge is 0.287 e. The van der Waals surface area contributed by atoms with E-state index < -0.39 is 0 Å². The van der Waals surface area contributed by atoms with Crippen molar-refractivity contribution in [2.45, 2.75) is 44.4 Å². The van der Waals surface area contributed by atoms with Crippen molar-refractivity contribution in [3.63, 3.8) is 0 Å². The van der Waals surface area contributed by atoms with E-state index in [0.29, 0.717) is 30.2 Å². The van der Waals surface area contributed by atoms with Crippen LogP contribution in [0.5, 0.6) is 0 Å². The Morgan fingerprint density at radius 2 is 1.72 bits per heavy atom. The zero-order valence-electron chi connectivity index (χ0n) is 20.6. The van der Waals surface area contributed by atoms with Crippen molar-refractivity contribution in [2.75, 3.05) is 26.4 Å². The third-order valence-electron chi connectivity index (χ3n) is 7.36. The molecule has 0 radical (unpaired) electrons. The molecule has 5 rings (SSSR count). The van der Waals surface area contributed by atoms with Crippen molar-refractivity contribution in [3.05, 3.63) is 81.3 Å². The monoisotopic (exact) mass is 550 g/mol. The van der Waals surface area contributed by atoms with Crippen LogP contribution in [0.4, 0.5) is 5.69 Å². The first-order valence-electron chi connectivity index (χ1n) is 12.2. The number of halogens is 1. The lowest BCUT2D eigenvalue weighted by atomic mass is 9.72. The van der Waals surface area contributed by atoms with Crippen LogP contribution < -0.4 is 11.1 Å². The molecule has 3 aromatic rings. The summed E-state index contributed by atoms with van der Waals surface area (Å²) in [4.78, 5) is 34.1. The number of hydrogen-bond donors (Lipinski definition) is 2. The lowest BCUT2D eigenvalue weighted by Gasteiger charge is -2.53. The van der Waals surface area contributed by atoms with Crippen LogP contribution in [0.1, 0.15) is 57.1 Å². The van der Waals surface area contributed by atoms with Gasteiger partial charge in [-0.3, -0.25) is 14.5 Å². The Morgan fingerprint density at radius 1 is 1.06 bits per heavy atom. The maximum Gasteiger partial charge on any atom is 0.287 e. The molecule has 3 N–H and O–H groups in total. The van der Waals surface area contributed by atoms with Crippen molar-refractivity contribution in [2.24, 2.45) is 0 Å². The Bertz CT molecular complexity index is 1280. The topological polar surface area (TPSA) is 96.5 Å². The number of amides is 2. The van der Waals surface area contributed by atoms with Gasteiger partial charge in [-0.25, -0.2) is 4.98 Å². The van der Waals surface area contributed by atoms with Crippen molar-refractivity contribution in [1.29, 1.82) is 0 Å². The molecule has 2 amide bonds. The molecule has 9 heteroatoms. The Balaban J connectivity index is 1.34. The predicted molar refractivity (Wildman–Crippen MR) is 142 cm³/mol. The first-order valence-corrected chi connectivity index (χ1v) is 13.0. The first kappa shape index (κ1) is 24.5. The number of nitrogens with zero attached hydrogens (tertiary/aromatic N) is 4. The molecule has 0 atom stereocenters. The first-order chi connectivity index (χ1) is 17.3. The lowest BCUT2D eigenvalue weighted by molar-refractivity contribution is -0.0223. The predicted octanol–water partition coefficient (Wildman–Crippen LogP) is 3.75. The highest BCUT2D eigenvalue weighted by Crippen LogP contribution is 2.51. The molecule has 1 saturated carbocycles. The molecule has 1 fully saturated rings. The summed E-state index contributed by atoms with van der Waals surface area (Å²) >= 11 is 3.68. The van der Waals surface area contributed by atoms with Crippen LogP contribution in [0.3, 0.4) is 0 Å². The van der Waals surface area contributed by atoms with Crippen LogP contribution in [-0.2, 0) is 25.2 Å². The molecule has 0 bridgehead atoms. The van der Waals surface area contributed by atoms with Gasteiger partial charge in [0.2, 0.25) is 0 Å². The minimum atomic E-state index is -0.178. The molecule has 1 aromatic heterocycles. The number of carbonyl (C=O) groups is 2. The summed E-state index contributed by atoms with van der Waals surface area (Å²) in [5.74, 6) is 0.276. The highest BCUT2D eigenvalue weighted by molar-refractivity contribution is 9.10. The Morgan fingerprint density at radius 3 is 2.33 bits per heavy atom. The van der Waals surface area contributed by atoms with Gasteiger partial charge in [0.15, 0.2) is 5.82 Å². The highest BCUT2D eigenvalue weighted by atomic mass is 79.9. The van der Waals surface area contributed by atoms with E-state index in [2.05, 4.69) is 35.7 Å². The van der Waals surface area contributed by atoms with Gasteiger partial charge in [0.25, 0.3) is 11.8 Å². The second-order valence-electron chi connectivity index (χ2n) is 9.85. The van der Waals surface area contributed by atoms with Crippen LogP contribution in [0.25, 0.3) is 0 Å². The molecule has 8 nitrogen and oxygen atoms in total. The van der Waals surface area contributed by atoms with E-state index in [1.54, 1.807) is 19.0 Å². The summed E-state index contributed by atoms with van der Waals surface area (Å²) in [6.45, 7) is 2.72. The van der Waals surface area contributed by atoms with Crippen LogP contribution in [0, 0.1) is 0 Å². The molecule has 1 aliphatic heterocycles. The number of anilines is 1. The third-order valence-corrected chi connectivity index (χ3v) is 7.91. The second kappa shape index (κ2) is 9.71. The fourth-order valence-electron chi connectivity index (χ4n) is 5.27. The van der Waals surface area contributed by atoms with Gasteiger partial charge >= 0.3 is 0 Å². The number of imidazole rings is 1. The van der Waals surface area contributed by atoms with Gasteiger partial charge in [-0.15, -0.1) is 0 Å². The molecule has 36 heavy (non-hydrogen) atoms. The van der Waals surface area contributed by atoms with Crippen molar-refractivity contribution < 1.29 is 9.59 Å². The minimum Gasteiger partial charge on any atom is -0.399 e. The average Bonchev–Trinajstić information content (AvgIpc) is 3.19. The van der Waals surface area contributed by atoms with Crippen LogP contribution in [0.15, 0.2) is 53.1 Å². The summed E-state index contributed by atoms with van der Waals surface area (Å²) in [6.07, 6.45) is 3.20. The maximum absolute atomic E-state index is 13.1. The average molecular weight is 551 g/mol. The number of hydrogen-bond acceptors (Lipinski definition) is 5.